The Morgan fingerprint density at radius 2 is 1.88 bits per heavy atom. The van der Waals surface area contributed by atoms with Crippen molar-refractivity contribution in [2.24, 2.45) is 0 Å². The van der Waals surface area contributed by atoms with Gasteiger partial charge in [-0.1, -0.05) is 13.8 Å². The normalized spacial score (nSPS) is 14.6. The molecule has 5 nitrogen and oxygen atoms in total. The van der Waals surface area contributed by atoms with E-state index in [-0.39, 0.29) is 5.56 Å². The zero-order chi connectivity index (χ0) is 18.0. The molecule has 0 bridgehead atoms. The molecular weight excluding hydrogens is 332 g/mol. The molecule has 2 aromatic heterocycles. The van der Waals surface area contributed by atoms with Gasteiger partial charge in [0.25, 0.3) is 5.56 Å². The molecule has 0 atom stereocenters. The van der Waals surface area contributed by atoms with E-state index in [1.807, 2.05) is 18.7 Å². The third-order valence-corrected chi connectivity index (χ3v) is 6.37. The third kappa shape index (κ3) is 3.81. The fourth-order valence-corrected chi connectivity index (χ4v) is 4.85. The fraction of sp³-hybridized carbons (Fsp3) is 0.684. The Balaban J connectivity index is 2.11. The first kappa shape index (κ1) is 18.5. The predicted octanol–water partition coefficient (Wildman–Crippen LogP) is 2.74. The Hall–Kier alpha value is -1.24. The summed E-state index contributed by atoms with van der Waals surface area (Å²) in [6.45, 7) is 8.56. The van der Waals surface area contributed by atoms with Crippen LogP contribution in [0.5, 0.6) is 0 Å². The first-order valence-electron chi connectivity index (χ1n) is 9.46. The van der Waals surface area contributed by atoms with Crippen molar-refractivity contribution in [3.63, 3.8) is 0 Å². The lowest BCUT2D eigenvalue weighted by Gasteiger charge is -2.21. The monoisotopic (exact) mass is 362 g/mol. The Labute approximate surface area is 154 Å². The summed E-state index contributed by atoms with van der Waals surface area (Å²) in [5, 5.41) is 0.904. The van der Waals surface area contributed by atoms with Crippen molar-refractivity contribution < 1.29 is 0 Å². The lowest BCUT2D eigenvalue weighted by atomic mass is 9.97. The van der Waals surface area contributed by atoms with E-state index in [0.717, 1.165) is 55.1 Å². The highest BCUT2D eigenvalue weighted by atomic mass is 32.1. The molecule has 2 aromatic rings. The van der Waals surface area contributed by atoms with Crippen LogP contribution in [0.3, 0.4) is 0 Å². The van der Waals surface area contributed by atoms with Crippen LogP contribution in [0.4, 0.5) is 0 Å². The minimum Gasteiger partial charge on any atom is -0.308 e. The smallest absolute Gasteiger partial charge is 0.262 e. The molecule has 138 valence electrons. The zero-order valence-corrected chi connectivity index (χ0v) is 16.8. The van der Waals surface area contributed by atoms with Crippen molar-refractivity contribution in [1.82, 2.24) is 19.4 Å². The Morgan fingerprint density at radius 1 is 1.16 bits per heavy atom. The first-order chi connectivity index (χ1) is 12.0. The molecule has 6 heteroatoms. The van der Waals surface area contributed by atoms with E-state index in [0.29, 0.717) is 6.54 Å². The van der Waals surface area contributed by atoms with E-state index in [1.165, 1.54) is 23.3 Å². The summed E-state index contributed by atoms with van der Waals surface area (Å²) in [5.41, 5.74) is 1.46. The molecule has 0 saturated carbocycles. The quantitative estimate of drug-likeness (QED) is 0.759. The second-order valence-corrected chi connectivity index (χ2v) is 8.22. The highest BCUT2D eigenvalue weighted by molar-refractivity contribution is 7.18. The van der Waals surface area contributed by atoms with Crippen molar-refractivity contribution in [3.05, 3.63) is 26.6 Å². The number of hydrogen-bond donors (Lipinski definition) is 0. The van der Waals surface area contributed by atoms with Gasteiger partial charge in [-0.2, -0.15) is 0 Å². The number of fused-ring (bicyclic) bond motifs is 3. The lowest BCUT2D eigenvalue weighted by molar-refractivity contribution is 0.278. The zero-order valence-electron chi connectivity index (χ0n) is 16.0. The summed E-state index contributed by atoms with van der Waals surface area (Å²) < 4.78 is 1.93. The van der Waals surface area contributed by atoms with E-state index in [1.54, 1.807) is 11.3 Å². The van der Waals surface area contributed by atoms with Crippen LogP contribution in [0.15, 0.2) is 4.79 Å². The molecule has 0 spiro atoms. The summed E-state index contributed by atoms with van der Waals surface area (Å²) in [4.78, 5) is 25.1. The molecule has 0 unspecified atom stereocenters. The van der Waals surface area contributed by atoms with Gasteiger partial charge in [-0.15, -0.1) is 11.3 Å². The summed E-state index contributed by atoms with van der Waals surface area (Å²) >= 11 is 1.75. The van der Waals surface area contributed by atoms with Crippen molar-refractivity contribution in [2.75, 3.05) is 33.7 Å². The molecule has 0 amide bonds. The number of aryl methyl sites for hydroxylation is 2. The van der Waals surface area contributed by atoms with Crippen molar-refractivity contribution in [3.8, 4) is 0 Å². The van der Waals surface area contributed by atoms with Gasteiger partial charge >= 0.3 is 0 Å². The minimum atomic E-state index is 0.174. The van der Waals surface area contributed by atoms with Gasteiger partial charge in [-0.3, -0.25) is 14.3 Å². The standard InChI is InChI=1S/C19H30N4OS/c1-5-22(6-2)13-16-20-18-17(14-9-7-8-10-15(14)25-18)19(24)23(16)12-11-21(3)4/h5-13H2,1-4H3. The molecule has 0 saturated heterocycles. The summed E-state index contributed by atoms with van der Waals surface area (Å²) in [7, 11) is 4.10. The van der Waals surface area contributed by atoms with Crippen molar-refractivity contribution in [2.45, 2.75) is 52.6 Å². The number of likely N-dealkylation sites (N-methyl/N-ethyl adjacent to an activating group) is 1. The number of rotatable bonds is 7. The maximum Gasteiger partial charge on any atom is 0.262 e. The molecule has 2 heterocycles. The molecule has 0 N–H and O–H groups in total. The number of hydrogen-bond acceptors (Lipinski definition) is 5. The predicted molar refractivity (Wildman–Crippen MR) is 106 cm³/mol. The topological polar surface area (TPSA) is 41.4 Å². The first-order valence-corrected chi connectivity index (χ1v) is 10.3. The van der Waals surface area contributed by atoms with Gasteiger partial charge in [0.2, 0.25) is 0 Å². The van der Waals surface area contributed by atoms with Gasteiger partial charge in [0, 0.05) is 18.0 Å². The fourth-order valence-electron chi connectivity index (χ4n) is 3.58. The van der Waals surface area contributed by atoms with Crippen LogP contribution in [0.2, 0.25) is 0 Å². The number of aromatic nitrogens is 2. The molecule has 0 fully saturated rings. The molecule has 3 rings (SSSR count). The summed E-state index contributed by atoms with van der Waals surface area (Å²) in [5.74, 6) is 0.918. The van der Waals surface area contributed by atoms with Gasteiger partial charge in [0.05, 0.1) is 11.9 Å². The Morgan fingerprint density at radius 3 is 2.56 bits per heavy atom. The van der Waals surface area contributed by atoms with E-state index in [2.05, 4.69) is 23.6 Å². The number of thiophene rings is 1. The SMILES string of the molecule is CCN(CC)Cc1nc2sc3c(c2c(=O)n1CCN(C)C)CCCC3. The molecule has 25 heavy (non-hydrogen) atoms. The third-order valence-electron chi connectivity index (χ3n) is 5.18. The van der Waals surface area contributed by atoms with Crippen LogP contribution >= 0.6 is 11.3 Å². The highest BCUT2D eigenvalue weighted by Crippen LogP contribution is 2.33. The largest absolute Gasteiger partial charge is 0.308 e. The molecule has 1 aliphatic rings. The van der Waals surface area contributed by atoms with Crippen molar-refractivity contribution in [1.29, 1.82) is 0 Å². The van der Waals surface area contributed by atoms with Gasteiger partial charge in [-0.05, 0) is 58.4 Å². The second-order valence-electron chi connectivity index (χ2n) is 7.14. The molecule has 1 aliphatic carbocycles. The maximum absolute atomic E-state index is 13.3. The second kappa shape index (κ2) is 7.98. The van der Waals surface area contributed by atoms with Crippen LogP contribution in [-0.4, -0.2) is 53.1 Å². The summed E-state index contributed by atoms with van der Waals surface area (Å²) in [6.07, 6.45) is 4.58. The van der Waals surface area contributed by atoms with Gasteiger partial charge in [0.1, 0.15) is 10.7 Å². The molecular formula is C19H30N4OS. The molecule has 0 aliphatic heterocycles. The van der Waals surface area contributed by atoms with Gasteiger partial charge in [-0.25, -0.2) is 4.98 Å². The Bertz CT molecular complexity index is 789. The van der Waals surface area contributed by atoms with Crippen LogP contribution in [-0.2, 0) is 25.9 Å². The molecule has 0 aromatic carbocycles. The van der Waals surface area contributed by atoms with E-state index in [4.69, 9.17) is 4.98 Å². The molecule has 0 radical (unpaired) electrons. The van der Waals surface area contributed by atoms with Crippen molar-refractivity contribution >= 4 is 21.6 Å². The van der Waals surface area contributed by atoms with E-state index in [9.17, 15) is 4.79 Å². The number of nitrogens with zero attached hydrogens (tertiary/aromatic N) is 4. The summed E-state index contributed by atoms with van der Waals surface area (Å²) in [6, 6.07) is 0. The lowest BCUT2D eigenvalue weighted by Crippen LogP contribution is -2.33. The van der Waals surface area contributed by atoms with Crippen LogP contribution in [0, 0.1) is 0 Å². The minimum absolute atomic E-state index is 0.174. The maximum atomic E-state index is 13.3. The van der Waals surface area contributed by atoms with Crippen LogP contribution in [0.25, 0.3) is 10.2 Å². The highest BCUT2D eigenvalue weighted by Gasteiger charge is 2.22. The van der Waals surface area contributed by atoms with Crippen LogP contribution < -0.4 is 5.56 Å². The van der Waals surface area contributed by atoms with Crippen LogP contribution in [0.1, 0.15) is 43.0 Å². The average molecular weight is 363 g/mol. The van der Waals surface area contributed by atoms with Gasteiger partial charge in [0.15, 0.2) is 0 Å². The average Bonchev–Trinajstić information content (AvgIpc) is 2.97. The Kier molecular flexibility index (Phi) is 5.92. The van der Waals surface area contributed by atoms with E-state index >= 15 is 0 Å². The van der Waals surface area contributed by atoms with E-state index < -0.39 is 0 Å². The van der Waals surface area contributed by atoms with Gasteiger partial charge < -0.3 is 4.90 Å².